The molecule has 1 aliphatic rings. The van der Waals surface area contributed by atoms with Crippen molar-refractivity contribution in [1.82, 2.24) is 9.80 Å². The largest absolute Gasteiger partial charge is 0.483 e. The lowest BCUT2D eigenvalue weighted by atomic mass is 9.95. The highest BCUT2D eigenvalue weighted by Gasteiger charge is 2.28. The van der Waals surface area contributed by atoms with E-state index in [1.165, 1.54) is 0 Å². The molecule has 2 aromatic rings. The quantitative estimate of drug-likeness (QED) is 0.817. The second kappa shape index (κ2) is 8.71. The zero-order chi connectivity index (χ0) is 19.2. The first-order valence-electron chi connectivity index (χ1n) is 9.32. The van der Waals surface area contributed by atoms with Gasteiger partial charge < -0.3 is 14.5 Å². The molecule has 2 aromatic carbocycles. The first-order valence-corrected chi connectivity index (χ1v) is 9.32. The van der Waals surface area contributed by atoms with Gasteiger partial charge in [-0.15, -0.1) is 0 Å². The molecule has 5 heteroatoms. The van der Waals surface area contributed by atoms with Gasteiger partial charge in [0.15, 0.2) is 6.61 Å². The van der Waals surface area contributed by atoms with Crippen LogP contribution in [0.3, 0.4) is 0 Å². The summed E-state index contributed by atoms with van der Waals surface area (Å²) < 4.78 is 5.85. The molecule has 0 aliphatic carbocycles. The smallest absolute Gasteiger partial charge is 0.260 e. The molecule has 0 spiro atoms. The Bertz CT molecular complexity index is 781. The molecule has 0 radical (unpaired) electrons. The molecule has 1 heterocycles. The van der Waals surface area contributed by atoms with Gasteiger partial charge in [-0.1, -0.05) is 48.5 Å². The van der Waals surface area contributed by atoms with E-state index >= 15 is 0 Å². The minimum Gasteiger partial charge on any atom is -0.483 e. The Balaban J connectivity index is 1.57. The van der Waals surface area contributed by atoms with E-state index < -0.39 is 0 Å². The number of amides is 2. The maximum atomic E-state index is 12.5. The third-order valence-electron chi connectivity index (χ3n) is 4.96. The van der Waals surface area contributed by atoms with Crippen molar-refractivity contribution >= 4 is 11.8 Å². The molecular formula is C22H26N2O3. The Morgan fingerprint density at radius 1 is 1.00 bits per heavy atom. The molecule has 0 bridgehead atoms. The molecule has 0 unspecified atom stereocenters. The van der Waals surface area contributed by atoms with E-state index in [4.69, 9.17) is 4.74 Å². The zero-order valence-electron chi connectivity index (χ0n) is 15.9. The van der Waals surface area contributed by atoms with Crippen LogP contribution in [0.5, 0.6) is 5.75 Å². The number of likely N-dealkylation sites (tertiary alicyclic amines) is 1. The number of piperidine rings is 1. The SMILES string of the molecule is CN(C)C(=O)C1CCN(C(=O)COc2ccccc2-c2ccccc2)CC1. The highest BCUT2D eigenvalue weighted by Crippen LogP contribution is 2.29. The van der Waals surface area contributed by atoms with Crippen LogP contribution in [0.15, 0.2) is 54.6 Å². The molecule has 0 N–H and O–H groups in total. The third-order valence-corrected chi connectivity index (χ3v) is 4.96. The number of ether oxygens (including phenoxy) is 1. The molecule has 1 fully saturated rings. The lowest BCUT2D eigenvalue weighted by Gasteiger charge is -2.32. The highest BCUT2D eigenvalue weighted by molar-refractivity contribution is 5.80. The van der Waals surface area contributed by atoms with Crippen LogP contribution in [0.1, 0.15) is 12.8 Å². The molecule has 5 nitrogen and oxygen atoms in total. The summed E-state index contributed by atoms with van der Waals surface area (Å²) in [4.78, 5) is 28.0. The van der Waals surface area contributed by atoms with Gasteiger partial charge in [0.25, 0.3) is 5.91 Å². The molecule has 0 saturated carbocycles. The Morgan fingerprint density at radius 3 is 2.30 bits per heavy atom. The minimum absolute atomic E-state index is 0.0101. The van der Waals surface area contributed by atoms with Crippen LogP contribution in [0.25, 0.3) is 11.1 Å². The molecule has 0 aromatic heterocycles. The number of carbonyl (C=O) groups is 2. The first-order chi connectivity index (χ1) is 13.1. The normalized spacial score (nSPS) is 14.7. The van der Waals surface area contributed by atoms with Crippen molar-refractivity contribution in [3.63, 3.8) is 0 Å². The van der Waals surface area contributed by atoms with E-state index in [0.29, 0.717) is 31.7 Å². The Kier molecular flexibility index (Phi) is 6.12. The Labute approximate surface area is 160 Å². The Hall–Kier alpha value is -2.82. The van der Waals surface area contributed by atoms with E-state index in [2.05, 4.69) is 0 Å². The minimum atomic E-state index is -0.0337. The highest BCUT2D eigenvalue weighted by atomic mass is 16.5. The van der Waals surface area contributed by atoms with Crippen LogP contribution in [0, 0.1) is 5.92 Å². The summed E-state index contributed by atoms with van der Waals surface area (Å²) in [7, 11) is 3.55. The van der Waals surface area contributed by atoms with E-state index in [1.807, 2.05) is 54.6 Å². The number of nitrogens with zero attached hydrogens (tertiary/aromatic N) is 2. The fourth-order valence-electron chi connectivity index (χ4n) is 3.42. The van der Waals surface area contributed by atoms with E-state index in [1.54, 1.807) is 23.9 Å². The standard InChI is InChI=1S/C22H26N2O3/c1-23(2)22(26)18-12-14-24(15-13-18)21(25)16-27-20-11-7-6-10-19(20)17-8-4-3-5-9-17/h3-11,18H,12-16H2,1-2H3. The van der Waals surface area contributed by atoms with Gasteiger partial charge in [-0.05, 0) is 24.5 Å². The maximum Gasteiger partial charge on any atom is 0.260 e. The molecule has 2 amide bonds. The summed E-state index contributed by atoms with van der Waals surface area (Å²) in [5.41, 5.74) is 2.03. The van der Waals surface area contributed by atoms with Gasteiger partial charge in [0, 0.05) is 38.7 Å². The zero-order valence-corrected chi connectivity index (χ0v) is 15.9. The summed E-state index contributed by atoms with van der Waals surface area (Å²) in [6, 6.07) is 17.7. The van der Waals surface area contributed by atoms with Crippen molar-refractivity contribution in [3.8, 4) is 16.9 Å². The predicted octanol–water partition coefficient (Wildman–Crippen LogP) is 3.06. The summed E-state index contributed by atoms with van der Waals surface area (Å²) in [5, 5.41) is 0. The molecule has 0 atom stereocenters. The predicted molar refractivity (Wildman–Crippen MR) is 105 cm³/mol. The number of rotatable bonds is 5. The van der Waals surface area contributed by atoms with Crippen molar-refractivity contribution in [3.05, 3.63) is 54.6 Å². The third kappa shape index (κ3) is 4.67. The number of carbonyl (C=O) groups excluding carboxylic acids is 2. The van der Waals surface area contributed by atoms with Gasteiger partial charge in [-0.25, -0.2) is 0 Å². The summed E-state index contributed by atoms with van der Waals surface area (Å²) in [6.45, 7) is 1.22. The molecular weight excluding hydrogens is 340 g/mol. The van der Waals surface area contributed by atoms with Crippen molar-refractivity contribution < 1.29 is 14.3 Å². The van der Waals surface area contributed by atoms with E-state index in [-0.39, 0.29) is 24.3 Å². The van der Waals surface area contributed by atoms with Crippen molar-refractivity contribution in [2.75, 3.05) is 33.8 Å². The van der Waals surface area contributed by atoms with Crippen LogP contribution in [0.2, 0.25) is 0 Å². The maximum absolute atomic E-state index is 12.5. The monoisotopic (exact) mass is 366 g/mol. The van der Waals surface area contributed by atoms with Crippen LogP contribution >= 0.6 is 0 Å². The van der Waals surface area contributed by atoms with Gasteiger partial charge in [-0.2, -0.15) is 0 Å². The van der Waals surface area contributed by atoms with Crippen molar-refractivity contribution in [2.24, 2.45) is 5.92 Å². The fourth-order valence-corrected chi connectivity index (χ4v) is 3.42. The van der Waals surface area contributed by atoms with Crippen LogP contribution in [-0.2, 0) is 9.59 Å². The van der Waals surface area contributed by atoms with E-state index in [0.717, 1.165) is 11.1 Å². The van der Waals surface area contributed by atoms with Gasteiger partial charge in [-0.3, -0.25) is 9.59 Å². The van der Waals surface area contributed by atoms with Crippen molar-refractivity contribution in [1.29, 1.82) is 0 Å². The summed E-state index contributed by atoms with van der Waals surface area (Å²) in [5.74, 6) is 0.835. The average Bonchev–Trinajstić information content (AvgIpc) is 2.72. The molecule has 1 saturated heterocycles. The van der Waals surface area contributed by atoms with E-state index in [9.17, 15) is 9.59 Å². The lowest BCUT2D eigenvalue weighted by molar-refractivity contribution is -0.140. The summed E-state index contributed by atoms with van der Waals surface area (Å²) >= 11 is 0. The van der Waals surface area contributed by atoms with Gasteiger partial charge in [0.05, 0.1) is 0 Å². The topological polar surface area (TPSA) is 49.9 Å². The average molecular weight is 366 g/mol. The number of hydrogen-bond donors (Lipinski definition) is 0. The molecule has 3 rings (SSSR count). The van der Waals surface area contributed by atoms with Crippen molar-refractivity contribution in [2.45, 2.75) is 12.8 Å². The second-order valence-electron chi connectivity index (χ2n) is 7.04. The van der Waals surface area contributed by atoms with Crippen LogP contribution in [-0.4, -0.2) is 55.4 Å². The van der Waals surface area contributed by atoms with Gasteiger partial charge in [0.2, 0.25) is 5.91 Å². The number of benzene rings is 2. The fraction of sp³-hybridized carbons (Fsp3) is 0.364. The second-order valence-corrected chi connectivity index (χ2v) is 7.04. The lowest BCUT2D eigenvalue weighted by Crippen LogP contribution is -2.44. The number of para-hydroxylation sites is 1. The van der Waals surface area contributed by atoms with Crippen LogP contribution < -0.4 is 4.74 Å². The first kappa shape index (κ1) is 19.0. The summed E-state index contributed by atoms with van der Waals surface area (Å²) in [6.07, 6.45) is 1.42. The Morgan fingerprint density at radius 2 is 1.63 bits per heavy atom. The molecule has 27 heavy (non-hydrogen) atoms. The van der Waals surface area contributed by atoms with Crippen LogP contribution in [0.4, 0.5) is 0 Å². The van der Waals surface area contributed by atoms with Gasteiger partial charge >= 0.3 is 0 Å². The molecule has 142 valence electrons. The molecule has 1 aliphatic heterocycles. The number of hydrogen-bond acceptors (Lipinski definition) is 3. The van der Waals surface area contributed by atoms with Gasteiger partial charge in [0.1, 0.15) is 5.75 Å².